The van der Waals surface area contributed by atoms with Gasteiger partial charge in [-0.2, -0.15) is 9.29 Å². The molecule has 0 unspecified atom stereocenters. The lowest BCUT2D eigenvalue weighted by Gasteiger charge is -2.34. The van der Waals surface area contributed by atoms with Crippen molar-refractivity contribution >= 4 is 39.1 Å². The molecule has 0 radical (unpaired) electrons. The molecule has 2 aromatic rings. The minimum Gasteiger partial charge on any atom is -0.340 e. The van der Waals surface area contributed by atoms with Crippen LogP contribution >= 0.6 is 23.2 Å². The lowest BCUT2D eigenvalue weighted by molar-refractivity contribution is -0.132. The lowest BCUT2D eigenvalue weighted by Crippen LogP contribution is -2.50. The van der Waals surface area contributed by atoms with Gasteiger partial charge >= 0.3 is 0 Å². The number of halogens is 2. The number of carbonyl (C=O) groups is 1. The number of nitrogens with zero attached hydrogens (tertiary/aromatic N) is 4. The maximum absolute atomic E-state index is 12.8. The molecule has 0 bridgehead atoms. The van der Waals surface area contributed by atoms with Crippen LogP contribution in [-0.4, -0.2) is 59.8 Å². The zero-order valence-corrected chi connectivity index (χ0v) is 16.9. The van der Waals surface area contributed by atoms with Crippen LogP contribution in [0.1, 0.15) is 18.1 Å². The zero-order chi connectivity index (χ0) is 19.6. The van der Waals surface area contributed by atoms with Crippen LogP contribution in [0.25, 0.3) is 0 Å². The summed E-state index contributed by atoms with van der Waals surface area (Å²) in [5.41, 5.74) is 0. The summed E-state index contributed by atoms with van der Waals surface area (Å²) in [5, 5.41) is 3.84. The Kier molecular flexibility index (Phi) is 6.05. The van der Waals surface area contributed by atoms with Crippen LogP contribution < -0.4 is 0 Å². The third-order valence-electron chi connectivity index (χ3n) is 4.23. The summed E-state index contributed by atoms with van der Waals surface area (Å²) in [4.78, 5) is 17.9. The van der Waals surface area contributed by atoms with Crippen molar-refractivity contribution in [2.24, 2.45) is 0 Å². The summed E-state index contributed by atoms with van der Waals surface area (Å²) in [6, 6.07) is 4.56. The Bertz CT molecular complexity index is 919. The van der Waals surface area contributed by atoms with Gasteiger partial charge in [0, 0.05) is 39.0 Å². The third kappa shape index (κ3) is 4.43. The predicted molar refractivity (Wildman–Crippen MR) is 99.2 cm³/mol. The largest absolute Gasteiger partial charge is 0.340 e. The summed E-state index contributed by atoms with van der Waals surface area (Å²) < 4.78 is 32.0. The molecule has 8 nitrogen and oxygen atoms in total. The molecule has 1 saturated heterocycles. The molecule has 1 fully saturated rings. The van der Waals surface area contributed by atoms with Gasteiger partial charge in [0.15, 0.2) is 5.82 Å². The highest BCUT2D eigenvalue weighted by molar-refractivity contribution is 7.89. The van der Waals surface area contributed by atoms with Gasteiger partial charge in [0.25, 0.3) is 0 Å². The number of aryl methyl sites for hydroxylation is 2. The normalized spacial score (nSPS) is 15.9. The Morgan fingerprint density at radius 2 is 1.81 bits per heavy atom. The molecule has 1 aliphatic rings. The van der Waals surface area contributed by atoms with Crippen molar-refractivity contribution in [2.45, 2.75) is 24.7 Å². The van der Waals surface area contributed by atoms with Crippen LogP contribution in [0, 0.1) is 6.92 Å². The molecular weight excluding hydrogens is 415 g/mol. The highest BCUT2D eigenvalue weighted by Gasteiger charge is 2.32. The molecule has 0 aliphatic carbocycles. The highest BCUT2D eigenvalue weighted by atomic mass is 35.5. The van der Waals surface area contributed by atoms with Crippen molar-refractivity contribution < 1.29 is 17.7 Å². The van der Waals surface area contributed by atoms with Gasteiger partial charge in [0.1, 0.15) is 4.90 Å². The number of rotatable bonds is 5. The van der Waals surface area contributed by atoms with E-state index in [2.05, 4.69) is 10.1 Å². The van der Waals surface area contributed by atoms with E-state index in [1.54, 1.807) is 17.9 Å². The molecular formula is C16H18Cl2N4O4S. The molecule has 2 heterocycles. The quantitative estimate of drug-likeness (QED) is 0.717. The molecule has 0 N–H and O–H groups in total. The van der Waals surface area contributed by atoms with Crippen LogP contribution in [0.3, 0.4) is 0 Å². The van der Waals surface area contributed by atoms with Crippen LogP contribution in [0.4, 0.5) is 0 Å². The molecule has 27 heavy (non-hydrogen) atoms. The number of sulfonamides is 1. The maximum atomic E-state index is 12.8. The van der Waals surface area contributed by atoms with E-state index in [9.17, 15) is 13.2 Å². The number of amides is 1. The summed E-state index contributed by atoms with van der Waals surface area (Å²) in [6.07, 6.45) is 0.581. The molecule has 3 rings (SSSR count). The third-order valence-corrected chi connectivity index (χ3v) is 7.09. The van der Waals surface area contributed by atoms with Crippen molar-refractivity contribution in [3.05, 3.63) is 40.0 Å². The first kappa shape index (κ1) is 20.1. The van der Waals surface area contributed by atoms with Crippen LogP contribution in [0.15, 0.2) is 27.6 Å². The van der Waals surface area contributed by atoms with E-state index in [0.29, 0.717) is 31.2 Å². The fraction of sp³-hybridized carbons (Fsp3) is 0.438. The Balaban J connectivity index is 1.60. The topological polar surface area (TPSA) is 96.6 Å². The average Bonchev–Trinajstić information content (AvgIpc) is 3.05. The van der Waals surface area contributed by atoms with Gasteiger partial charge in [-0.3, -0.25) is 4.79 Å². The van der Waals surface area contributed by atoms with Crippen molar-refractivity contribution in [1.82, 2.24) is 19.3 Å². The van der Waals surface area contributed by atoms with Crippen LogP contribution in [-0.2, 0) is 21.2 Å². The molecule has 0 atom stereocenters. The number of hydrogen-bond acceptors (Lipinski definition) is 6. The van der Waals surface area contributed by atoms with Crippen molar-refractivity contribution in [2.75, 3.05) is 26.2 Å². The zero-order valence-electron chi connectivity index (χ0n) is 14.6. The Labute approximate surface area is 167 Å². The molecule has 1 aliphatic heterocycles. The molecule has 11 heteroatoms. The molecule has 146 valence electrons. The Hall–Kier alpha value is -1.68. The SMILES string of the molecule is Cc1noc(CCC(=O)N2CCN(S(=O)(=O)c3c(Cl)cccc3Cl)CC2)n1. The van der Waals surface area contributed by atoms with Gasteiger partial charge in [-0.05, 0) is 19.1 Å². The van der Waals surface area contributed by atoms with Crippen LogP contribution in [0.2, 0.25) is 10.0 Å². The van der Waals surface area contributed by atoms with Crippen molar-refractivity contribution in [3.63, 3.8) is 0 Å². The van der Waals surface area contributed by atoms with E-state index in [1.807, 2.05) is 0 Å². The first-order valence-electron chi connectivity index (χ1n) is 8.30. The fourth-order valence-electron chi connectivity index (χ4n) is 2.85. The standard InChI is InChI=1S/C16H18Cl2N4O4S/c1-11-19-14(26-20-11)5-6-15(23)21-7-9-22(10-8-21)27(24,25)16-12(17)3-2-4-13(16)18/h2-4H,5-10H2,1H3. The second kappa shape index (κ2) is 8.14. The molecule has 1 amide bonds. The summed E-state index contributed by atoms with van der Waals surface area (Å²) in [5.74, 6) is 0.851. The predicted octanol–water partition coefficient (Wildman–Crippen LogP) is 2.15. The van der Waals surface area contributed by atoms with E-state index >= 15 is 0 Å². The van der Waals surface area contributed by atoms with Gasteiger partial charge in [-0.25, -0.2) is 8.42 Å². The number of piperazine rings is 1. The Morgan fingerprint density at radius 3 is 2.37 bits per heavy atom. The fourth-order valence-corrected chi connectivity index (χ4v) is 5.36. The van der Waals surface area contributed by atoms with Gasteiger partial charge in [0.05, 0.1) is 10.0 Å². The van der Waals surface area contributed by atoms with Gasteiger partial charge in [-0.1, -0.05) is 34.4 Å². The molecule has 1 aromatic carbocycles. The van der Waals surface area contributed by atoms with Crippen LogP contribution in [0.5, 0.6) is 0 Å². The second-order valence-electron chi connectivity index (χ2n) is 6.07. The highest BCUT2D eigenvalue weighted by Crippen LogP contribution is 2.31. The first-order valence-corrected chi connectivity index (χ1v) is 10.5. The number of aromatic nitrogens is 2. The number of hydrogen-bond donors (Lipinski definition) is 0. The van der Waals surface area contributed by atoms with E-state index in [0.717, 1.165) is 0 Å². The van der Waals surface area contributed by atoms with E-state index in [4.69, 9.17) is 27.7 Å². The van der Waals surface area contributed by atoms with Gasteiger partial charge < -0.3 is 9.42 Å². The van der Waals surface area contributed by atoms with Crippen molar-refractivity contribution in [3.8, 4) is 0 Å². The smallest absolute Gasteiger partial charge is 0.246 e. The second-order valence-corrected chi connectivity index (χ2v) is 8.76. The number of carbonyl (C=O) groups excluding carboxylic acids is 1. The van der Waals surface area contributed by atoms with Gasteiger partial charge in [0.2, 0.25) is 21.8 Å². The van der Waals surface area contributed by atoms with E-state index in [1.165, 1.54) is 16.4 Å². The monoisotopic (exact) mass is 432 g/mol. The van der Waals surface area contributed by atoms with E-state index in [-0.39, 0.29) is 40.4 Å². The van der Waals surface area contributed by atoms with E-state index < -0.39 is 10.0 Å². The molecule has 0 spiro atoms. The summed E-state index contributed by atoms with van der Waals surface area (Å²) in [6.45, 7) is 2.65. The Morgan fingerprint density at radius 1 is 1.19 bits per heavy atom. The molecule has 1 aromatic heterocycles. The van der Waals surface area contributed by atoms with Crippen molar-refractivity contribution in [1.29, 1.82) is 0 Å². The summed E-state index contributed by atoms with van der Waals surface area (Å²) >= 11 is 12.1. The minimum absolute atomic E-state index is 0.0795. The first-order chi connectivity index (χ1) is 12.8. The van der Waals surface area contributed by atoms with Gasteiger partial charge in [-0.15, -0.1) is 0 Å². The minimum atomic E-state index is -3.83. The summed E-state index contributed by atoms with van der Waals surface area (Å²) in [7, 11) is -3.83. The maximum Gasteiger partial charge on any atom is 0.246 e. The molecule has 0 saturated carbocycles. The lowest BCUT2D eigenvalue weighted by atomic mass is 10.2. The average molecular weight is 433 g/mol. The number of benzene rings is 1.